The number of hydrogen-bond donors (Lipinski definition) is 1. The molecule has 0 saturated carbocycles. The van der Waals surface area contributed by atoms with Gasteiger partial charge in [-0.15, -0.1) is 5.92 Å². The molecule has 0 spiro atoms. The highest BCUT2D eigenvalue weighted by Crippen LogP contribution is 2.19. The van der Waals surface area contributed by atoms with Crippen LogP contribution in [0.3, 0.4) is 0 Å². The number of nitrogens with one attached hydrogen (secondary N) is 1. The minimum atomic E-state index is 0.367. The van der Waals surface area contributed by atoms with Gasteiger partial charge in [0.1, 0.15) is 5.75 Å². The van der Waals surface area contributed by atoms with E-state index in [1.165, 1.54) is 5.56 Å². The number of methoxy groups -OCH3 is 1. The summed E-state index contributed by atoms with van der Waals surface area (Å²) in [6, 6.07) is 8.54. The summed E-state index contributed by atoms with van der Waals surface area (Å²) in [7, 11) is 1.68. The Morgan fingerprint density at radius 2 is 2.00 bits per heavy atom. The van der Waals surface area contributed by atoms with Gasteiger partial charge < -0.3 is 4.74 Å². The summed E-state index contributed by atoms with van der Waals surface area (Å²) >= 11 is 0. The maximum absolute atomic E-state index is 5.14. The van der Waals surface area contributed by atoms with Crippen molar-refractivity contribution in [2.75, 3.05) is 13.7 Å². The molecule has 86 valence electrons. The quantitative estimate of drug-likeness (QED) is 0.766. The van der Waals surface area contributed by atoms with Crippen molar-refractivity contribution in [3.63, 3.8) is 0 Å². The number of rotatable bonds is 5. The first-order valence-corrected chi connectivity index (χ1v) is 5.58. The number of benzene rings is 1. The molecule has 1 aromatic carbocycles. The van der Waals surface area contributed by atoms with E-state index in [0.29, 0.717) is 6.04 Å². The summed E-state index contributed by atoms with van der Waals surface area (Å²) in [5.74, 6) is 6.80. The summed E-state index contributed by atoms with van der Waals surface area (Å²) in [5, 5.41) is 3.41. The lowest BCUT2D eigenvalue weighted by molar-refractivity contribution is 0.414. The molecule has 1 N–H and O–H groups in total. The molecule has 0 bridgehead atoms. The van der Waals surface area contributed by atoms with Crippen LogP contribution in [0.4, 0.5) is 0 Å². The second-order valence-corrected chi connectivity index (χ2v) is 3.54. The first-order chi connectivity index (χ1) is 7.81. The molecule has 0 aromatic heterocycles. The molecular formula is C14H19NO. The van der Waals surface area contributed by atoms with E-state index in [2.05, 4.69) is 36.2 Å². The summed E-state index contributed by atoms with van der Waals surface area (Å²) in [4.78, 5) is 0. The molecule has 0 fully saturated rings. The SMILES string of the molecule is CC#CCNC(CC)c1ccc(OC)cc1. The van der Waals surface area contributed by atoms with E-state index < -0.39 is 0 Å². The maximum atomic E-state index is 5.14. The predicted octanol–water partition coefficient (Wildman–Crippen LogP) is 2.76. The Morgan fingerprint density at radius 3 is 2.50 bits per heavy atom. The molecule has 0 aliphatic carbocycles. The van der Waals surface area contributed by atoms with E-state index in [1.807, 2.05) is 19.1 Å². The zero-order chi connectivity index (χ0) is 11.8. The van der Waals surface area contributed by atoms with Crippen LogP contribution < -0.4 is 10.1 Å². The minimum Gasteiger partial charge on any atom is -0.497 e. The molecule has 1 aromatic rings. The van der Waals surface area contributed by atoms with Crippen LogP contribution in [0, 0.1) is 11.8 Å². The van der Waals surface area contributed by atoms with Gasteiger partial charge in [-0.1, -0.05) is 25.0 Å². The molecule has 0 aliphatic heterocycles. The van der Waals surface area contributed by atoms with Crippen LogP contribution in [0.1, 0.15) is 31.9 Å². The van der Waals surface area contributed by atoms with Crippen molar-refractivity contribution in [2.45, 2.75) is 26.3 Å². The third-order valence-corrected chi connectivity index (χ3v) is 2.54. The lowest BCUT2D eigenvalue weighted by Gasteiger charge is -2.16. The van der Waals surface area contributed by atoms with Gasteiger partial charge >= 0.3 is 0 Å². The lowest BCUT2D eigenvalue weighted by atomic mass is 10.0. The highest BCUT2D eigenvalue weighted by molar-refractivity contribution is 5.29. The van der Waals surface area contributed by atoms with E-state index in [4.69, 9.17) is 4.74 Å². The minimum absolute atomic E-state index is 0.367. The van der Waals surface area contributed by atoms with Crippen molar-refractivity contribution >= 4 is 0 Å². The molecule has 0 heterocycles. The fourth-order valence-corrected chi connectivity index (χ4v) is 1.60. The number of ether oxygens (including phenoxy) is 1. The average molecular weight is 217 g/mol. The number of hydrogen-bond acceptors (Lipinski definition) is 2. The molecule has 1 unspecified atom stereocenters. The molecule has 2 nitrogen and oxygen atoms in total. The van der Waals surface area contributed by atoms with E-state index in [-0.39, 0.29) is 0 Å². The van der Waals surface area contributed by atoms with E-state index in [1.54, 1.807) is 7.11 Å². The van der Waals surface area contributed by atoms with Gasteiger partial charge in [-0.25, -0.2) is 0 Å². The van der Waals surface area contributed by atoms with Gasteiger partial charge in [-0.2, -0.15) is 0 Å². The van der Waals surface area contributed by atoms with Crippen LogP contribution >= 0.6 is 0 Å². The Balaban J connectivity index is 2.65. The molecule has 2 heteroatoms. The second-order valence-electron chi connectivity index (χ2n) is 3.54. The van der Waals surface area contributed by atoms with Crippen LogP contribution in [0.5, 0.6) is 5.75 Å². The van der Waals surface area contributed by atoms with Crippen molar-refractivity contribution in [3.05, 3.63) is 29.8 Å². The van der Waals surface area contributed by atoms with Crippen LogP contribution in [0.15, 0.2) is 24.3 Å². The van der Waals surface area contributed by atoms with Crippen LogP contribution in [0.25, 0.3) is 0 Å². The van der Waals surface area contributed by atoms with Gasteiger partial charge in [-0.3, -0.25) is 5.32 Å². The Bertz CT molecular complexity index is 359. The molecule has 0 saturated heterocycles. The molecule has 1 rings (SSSR count). The highest BCUT2D eigenvalue weighted by Gasteiger charge is 2.07. The van der Waals surface area contributed by atoms with Crippen LogP contribution in [0.2, 0.25) is 0 Å². The van der Waals surface area contributed by atoms with Gasteiger partial charge in [0.25, 0.3) is 0 Å². The Hall–Kier alpha value is -1.46. The first-order valence-electron chi connectivity index (χ1n) is 5.58. The van der Waals surface area contributed by atoms with Crippen molar-refractivity contribution < 1.29 is 4.74 Å². The van der Waals surface area contributed by atoms with E-state index >= 15 is 0 Å². The largest absolute Gasteiger partial charge is 0.497 e. The predicted molar refractivity (Wildman–Crippen MR) is 67.5 cm³/mol. The Kier molecular flexibility index (Phi) is 5.45. The average Bonchev–Trinajstić information content (AvgIpc) is 2.35. The third-order valence-electron chi connectivity index (χ3n) is 2.54. The summed E-state index contributed by atoms with van der Waals surface area (Å²) in [6.45, 7) is 4.76. The Labute approximate surface area is 98.0 Å². The fraction of sp³-hybridized carbons (Fsp3) is 0.429. The normalized spacial score (nSPS) is 11.4. The first kappa shape index (κ1) is 12.6. The molecule has 0 aliphatic rings. The van der Waals surface area contributed by atoms with E-state index in [0.717, 1.165) is 18.7 Å². The topological polar surface area (TPSA) is 21.3 Å². The van der Waals surface area contributed by atoms with Crippen molar-refractivity contribution in [1.29, 1.82) is 0 Å². The molecular weight excluding hydrogens is 198 g/mol. The second kappa shape index (κ2) is 6.92. The highest BCUT2D eigenvalue weighted by atomic mass is 16.5. The van der Waals surface area contributed by atoms with Gasteiger partial charge in [0, 0.05) is 6.04 Å². The lowest BCUT2D eigenvalue weighted by Crippen LogP contribution is -2.20. The molecule has 0 amide bonds. The van der Waals surface area contributed by atoms with Crippen molar-refractivity contribution in [2.24, 2.45) is 0 Å². The van der Waals surface area contributed by atoms with E-state index in [9.17, 15) is 0 Å². The molecule has 1 atom stereocenters. The van der Waals surface area contributed by atoms with Crippen LogP contribution in [-0.4, -0.2) is 13.7 Å². The summed E-state index contributed by atoms with van der Waals surface area (Å²) in [5.41, 5.74) is 1.28. The monoisotopic (exact) mass is 217 g/mol. The van der Waals surface area contributed by atoms with Crippen molar-refractivity contribution in [1.82, 2.24) is 5.32 Å². The fourth-order valence-electron chi connectivity index (χ4n) is 1.60. The smallest absolute Gasteiger partial charge is 0.118 e. The summed E-state index contributed by atoms with van der Waals surface area (Å²) < 4.78 is 5.14. The zero-order valence-electron chi connectivity index (χ0n) is 10.2. The van der Waals surface area contributed by atoms with Crippen molar-refractivity contribution in [3.8, 4) is 17.6 Å². The van der Waals surface area contributed by atoms with Gasteiger partial charge in [-0.05, 0) is 31.0 Å². The molecule has 0 radical (unpaired) electrons. The maximum Gasteiger partial charge on any atom is 0.118 e. The molecule has 16 heavy (non-hydrogen) atoms. The van der Waals surface area contributed by atoms with Gasteiger partial charge in [0.05, 0.1) is 13.7 Å². The third kappa shape index (κ3) is 3.60. The summed E-state index contributed by atoms with van der Waals surface area (Å²) in [6.07, 6.45) is 1.05. The van der Waals surface area contributed by atoms with Gasteiger partial charge in [0.15, 0.2) is 0 Å². The Morgan fingerprint density at radius 1 is 1.31 bits per heavy atom. The zero-order valence-corrected chi connectivity index (χ0v) is 10.2. The van der Waals surface area contributed by atoms with Gasteiger partial charge in [0.2, 0.25) is 0 Å². The standard InChI is InChI=1S/C14H19NO/c1-4-6-11-15-14(5-2)12-7-9-13(16-3)10-8-12/h7-10,14-15H,5,11H2,1-3H3. The van der Waals surface area contributed by atoms with Crippen LogP contribution in [-0.2, 0) is 0 Å².